The molecule has 0 fully saturated rings. The van der Waals surface area contributed by atoms with Gasteiger partial charge in [-0.3, -0.25) is 9.78 Å². The van der Waals surface area contributed by atoms with Crippen LogP contribution < -0.4 is 0 Å². The number of Topliss-reactive ketones (excluding diaryl/α,β-unsaturated/α-hetero) is 1. The summed E-state index contributed by atoms with van der Waals surface area (Å²) in [6.07, 6.45) is 5.16. The highest BCUT2D eigenvalue weighted by Gasteiger charge is 2.14. The Morgan fingerprint density at radius 2 is 2.16 bits per heavy atom. The van der Waals surface area contributed by atoms with Crippen LogP contribution in [0.2, 0.25) is 0 Å². The maximum atomic E-state index is 12.4. The average molecular weight is 353 g/mol. The number of carbonyl (C=O) groups is 1. The van der Waals surface area contributed by atoms with Crippen molar-refractivity contribution in [2.24, 2.45) is 7.05 Å². The largest absolute Gasteiger partial charge is 0.312 e. The van der Waals surface area contributed by atoms with Crippen LogP contribution >= 0.6 is 11.8 Å². The van der Waals surface area contributed by atoms with Crippen LogP contribution in [-0.4, -0.2) is 30.5 Å². The molecule has 0 saturated heterocycles. The molecule has 0 radical (unpaired) electrons. The molecule has 2 aromatic heterocycles. The van der Waals surface area contributed by atoms with Crippen molar-refractivity contribution < 1.29 is 4.79 Å². The molecule has 0 amide bonds. The summed E-state index contributed by atoms with van der Waals surface area (Å²) < 4.78 is 1.89. The molecule has 25 heavy (non-hydrogen) atoms. The molecule has 128 valence electrons. The number of ketones is 1. The van der Waals surface area contributed by atoms with Crippen LogP contribution in [-0.2, 0) is 13.5 Å². The minimum Gasteiger partial charge on any atom is -0.312 e. The molecule has 0 N–H and O–H groups in total. The number of rotatable bonds is 6. The molecular weight excluding hydrogens is 334 g/mol. The van der Waals surface area contributed by atoms with Gasteiger partial charge in [-0.15, -0.1) is 10.2 Å². The van der Waals surface area contributed by atoms with E-state index in [1.165, 1.54) is 6.20 Å². The summed E-state index contributed by atoms with van der Waals surface area (Å²) in [5.41, 5.74) is 3.27. The van der Waals surface area contributed by atoms with Crippen LogP contribution in [0.15, 0.2) is 48.1 Å². The van der Waals surface area contributed by atoms with Gasteiger partial charge in [-0.2, -0.15) is 0 Å². The fraction of sp³-hybridized carbons (Fsp3) is 0.278. The molecule has 2 heterocycles. The van der Waals surface area contributed by atoms with Gasteiger partial charge >= 0.3 is 0 Å². The van der Waals surface area contributed by atoms with Gasteiger partial charge in [0.2, 0.25) is 0 Å². The van der Waals surface area contributed by atoms with Crippen LogP contribution in [0.5, 0.6) is 0 Å². The minimum atomic E-state index is -0.0260. The molecular formula is C18H19N5OS. The Balaban J connectivity index is 1.73. The standard InChI is InChI=1S/C18H19N5OS/c1-12-9-19-10-16(21-12)17(24)8-14-5-4-6-15(7-14)13(2)25-18-22-20-11-23(18)3/h4-7,9-11,13H,8H2,1-3H3/t13-/m0/s1. The maximum absolute atomic E-state index is 12.4. The lowest BCUT2D eigenvalue weighted by Gasteiger charge is -2.12. The smallest absolute Gasteiger partial charge is 0.191 e. The summed E-state index contributed by atoms with van der Waals surface area (Å²) in [5, 5.41) is 9.08. The molecule has 6 nitrogen and oxygen atoms in total. The van der Waals surface area contributed by atoms with Crippen LogP contribution in [0, 0.1) is 6.92 Å². The molecule has 0 bridgehead atoms. The van der Waals surface area contributed by atoms with E-state index < -0.39 is 0 Å². The van der Waals surface area contributed by atoms with Crippen molar-refractivity contribution in [3.63, 3.8) is 0 Å². The molecule has 7 heteroatoms. The first-order chi connectivity index (χ1) is 12.0. The van der Waals surface area contributed by atoms with E-state index >= 15 is 0 Å². The molecule has 0 saturated carbocycles. The number of aromatic nitrogens is 5. The van der Waals surface area contributed by atoms with E-state index in [2.05, 4.69) is 39.2 Å². The average Bonchev–Trinajstić information content (AvgIpc) is 3.00. The highest BCUT2D eigenvalue weighted by molar-refractivity contribution is 7.99. The Kier molecular flexibility index (Phi) is 5.23. The van der Waals surface area contributed by atoms with Gasteiger partial charge in [0.1, 0.15) is 12.0 Å². The number of hydrogen-bond acceptors (Lipinski definition) is 6. The third-order valence-electron chi connectivity index (χ3n) is 3.78. The zero-order valence-electron chi connectivity index (χ0n) is 14.4. The van der Waals surface area contributed by atoms with Gasteiger partial charge in [-0.25, -0.2) is 4.98 Å². The second-order valence-corrected chi connectivity index (χ2v) is 7.18. The first-order valence-electron chi connectivity index (χ1n) is 7.94. The van der Waals surface area contributed by atoms with Gasteiger partial charge in [0, 0.05) is 24.9 Å². The van der Waals surface area contributed by atoms with Crippen molar-refractivity contribution in [2.75, 3.05) is 0 Å². The molecule has 1 aromatic carbocycles. The van der Waals surface area contributed by atoms with Gasteiger partial charge in [0.25, 0.3) is 0 Å². The van der Waals surface area contributed by atoms with Gasteiger partial charge in [-0.1, -0.05) is 36.0 Å². The second-order valence-electron chi connectivity index (χ2n) is 5.88. The number of hydrogen-bond donors (Lipinski definition) is 0. The quantitative estimate of drug-likeness (QED) is 0.500. The monoisotopic (exact) mass is 353 g/mol. The summed E-state index contributed by atoms with van der Waals surface area (Å²) in [4.78, 5) is 20.7. The first-order valence-corrected chi connectivity index (χ1v) is 8.82. The van der Waals surface area contributed by atoms with E-state index in [9.17, 15) is 4.79 Å². The molecule has 1 atom stereocenters. The number of benzene rings is 1. The molecule has 0 unspecified atom stereocenters. The third-order valence-corrected chi connectivity index (χ3v) is 4.98. The van der Waals surface area contributed by atoms with Gasteiger partial charge < -0.3 is 4.57 Å². The van der Waals surface area contributed by atoms with Crippen molar-refractivity contribution in [1.29, 1.82) is 0 Å². The highest BCUT2D eigenvalue weighted by Crippen LogP contribution is 2.33. The van der Waals surface area contributed by atoms with Crippen molar-refractivity contribution in [3.05, 3.63) is 65.5 Å². The molecule has 0 aliphatic rings. The van der Waals surface area contributed by atoms with Crippen molar-refractivity contribution in [2.45, 2.75) is 30.7 Å². The van der Waals surface area contributed by atoms with Crippen LogP contribution in [0.4, 0.5) is 0 Å². The van der Waals surface area contributed by atoms with E-state index in [-0.39, 0.29) is 11.0 Å². The highest BCUT2D eigenvalue weighted by atomic mass is 32.2. The minimum absolute atomic E-state index is 0.0260. The van der Waals surface area contributed by atoms with E-state index in [0.29, 0.717) is 12.1 Å². The molecule has 3 aromatic rings. The Morgan fingerprint density at radius 3 is 2.88 bits per heavy atom. The lowest BCUT2D eigenvalue weighted by molar-refractivity contribution is 0.0987. The van der Waals surface area contributed by atoms with E-state index in [1.54, 1.807) is 24.3 Å². The SMILES string of the molecule is Cc1cncc(C(=O)Cc2cccc([C@H](C)Sc3nncn3C)c2)n1. The number of nitrogens with zero attached hydrogens (tertiary/aromatic N) is 5. The lowest BCUT2D eigenvalue weighted by Crippen LogP contribution is -2.07. The van der Waals surface area contributed by atoms with Crippen molar-refractivity contribution in [3.8, 4) is 0 Å². The summed E-state index contributed by atoms with van der Waals surface area (Å²) >= 11 is 1.64. The Bertz CT molecular complexity index is 892. The van der Waals surface area contributed by atoms with Crippen LogP contribution in [0.1, 0.15) is 39.5 Å². The zero-order valence-corrected chi connectivity index (χ0v) is 15.2. The molecule has 0 spiro atoms. The van der Waals surface area contributed by atoms with Gasteiger partial charge in [-0.05, 0) is 25.0 Å². The summed E-state index contributed by atoms with van der Waals surface area (Å²) in [5.74, 6) is -0.0260. The number of thioether (sulfide) groups is 1. The Morgan fingerprint density at radius 1 is 1.32 bits per heavy atom. The second kappa shape index (κ2) is 7.57. The predicted molar refractivity (Wildman–Crippen MR) is 96.5 cm³/mol. The Labute approximate surface area is 150 Å². The van der Waals surface area contributed by atoms with E-state index in [1.807, 2.05) is 30.7 Å². The number of carbonyl (C=O) groups excluding carboxylic acids is 1. The summed E-state index contributed by atoms with van der Waals surface area (Å²) in [7, 11) is 1.92. The summed E-state index contributed by atoms with van der Waals surface area (Å²) in [6, 6.07) is 8.07. The Hall–Kier alpha value is -2.54. The molecule has 3 rings (SSSR count). The molecule has 0 aliphatic carbocycles. The van der Waals surface area contributed by atoms with Gasteiger partial charge in [0.05, 0.1) is 11.9 Å². The lowest BCUT2D eigenvalue weighted by atomic mass is 10.0. The predicted octanol–water partition coefficient (Wildman–Crippen LogP) is 3.19. The fourth-order valence-electron chi connectivity index (χ4n) is 2.44. The number of aryl methyl sites for hydroxylation is 2. The van der Waals surface area contributed by atoms with Gasteiger partial charge in [0.15, 0.2) is 10.9 Å². The normalized spacial score (nSPS) is 12.1. The van der Waals surface area contributed by atoms with E-state index in [4.69, 9.17) is 0 Å². The zero-order chi connectivity index (χ0) is 17.8. The molecule has 0 aliphatic heterocycles. The fourth-order valence-corrected chi connectivity index (χ4v) is 3.34. The van der Waals surface area contributed by atoms with Crippen molar-refractivity contribution >= 4 is 17.5 Å². The van der Waals surface area contributed by atoms with Crippen LogP contribution in [0.25, 0.3) is 0 Å². The van der Waals surface area contributed by atoms with E-state index in [0.717, 1.165) is 22.0 Å². The van der Waals surface area contributed by atoms with Crippen LogP contribution in [0.3, 0.4) is 0 Å². The van der Waals surface area contributed by atoms with Crippen molar-refractivity contribution in [1.82, 2.24) is 24.7 Å². The topological polar surface area (TPSA) is 73.6 Å². The third kappa shape index (κ3) is 4.30. The first kappa shape index (κ1) is 17.3. The summed E-state index contributed by atoms with van der Waals surface area (Å²) in [6.45, 7) is 3.95. The maximum Gasteiger partial charge on any atom is 0.191 e.